The summed E-state index contributed by atoms with van der Waals surface area (Å²) in [5.74, 6) is -1.10. The number of esters is 2. The van der Waals surface area contributed by atoms with E-state index in [9.17, 15) is 20.0 Å². The minimum atomic E-state index is -1.46. The molecule has 0 spiro atoms. The summed E-state index contributed by atoms with van der Waals surface area (Å²) in [6, 6.07) is 10.0. The van der Waals surface area contributed by atoms with E-state index in [-0.39, 0.29) is 0 Å². The Morgan fingerprint density at radius 1 is 0.714 bits per heavy atom. The van der Waals surface area contributed by atoms with Crippen LogP contribution in [0, 0.1) is 5.41 Å². The van der Waals surface area contributed by atoms with E-state index < -0.39 is 51.7 Å². The Labute approximate surface area is 253 Å². The lowest BCUT2D eigenvalue weighted by atomic mass is 9.76. The SMILES string of the molecule is CCCCC(CCCc1ccccc1)(C(=O)OC1CC(C)(C)N([O])C(C)(C)C1)C(=O)OC1CC(C)(C)N([O])C(C)(C)C1. The first-order valence-electron chi connectivity index (χ1n) is 15.8. The van der Waals surface area contributed by atoms with E-state index in [1.807, 2.05) is 92.6 Å². The van der Waals surface area contributed by atoms with Crippen molar-refractivity contribution in [1.82, 2.24) is 10.1 Å². The average molecular weight is 587 g/mol. The summed E-state index contributed by atoms with van der Waals surface area (Å²) in [6.07, 6.45) is 4.02. The number of hydrogen-bond donors (Lipinski definition) is 0. The van der Waals surface area contributed by atoms with Gasteiger partial charge in [-0.3, -0.25) is 9.59 Å². The van der Waals surface area contributed by atoms with Gasteiger partial charge in [-0.05, 0) is 86.6 Å². The van der Waals surface area contributed by atoms with Gasteiger partial charge < -0.3 is 9.47 Å². The molecule has 2 radical (unpaired) electrons. The highest BCUT2D eigenvalue weighted by molar-refractivity contribution is 6.00. The predicted molar refractivity (Wildman–Crippen MR) is 161 cm³/mol. The highest BCUT2D eigenvalue weighted by Gasteiger charge is 2.54. The Morgan fingerprint density at radius 2 is 1.10 bits per heavy atom. The summed E-state index contributed by atoms with van der Waals surface area (Å²) in [4.78, 5) is 28.6. The third-order valence-electron chi connectivity index (χ3n) is 9.31. The summed E-state index contributed by atoms with van der Waals surface area (Å²) in [6.45, 7) is 17.0. The molecule has 8 heteroatoms. The highest BCUT2D eigenvalue weighted by Crippen LogP contribution is 2.43. The van der Waals surface area contributed by atoms with Crippen molar-refractivity contribution in [2.24, 2.45) is 5.41 Å². The molecule has 0 atom stereocenters. The van der Waals surface area contributed by atoms with Gasteiger partial charge in [-0.25, -0.2) is 0 Å². The van der Waals surface area contributed by atoms with E-state index in [1.54, 1.807) is 0 Å². The molecule has 0 saturated carbocycles. The van der Waals surface area contributed by atoms with Crippen LogP contribution in [-0.4, -0.2) is 56.4 Å². The first-order chi connectivity index (χ1) is 19.4. The zero-order valence-electron chi connectivity index (χ0n) is 27.5. The number of carbonyl (C=O) groups is 2. The van der Waals surface area contributed by atoms with Gasteiger partial charge in [-0.15, -0.1) is 20.5 Å². The lowest BCUT2D eigenvalue weighted by Crippen LogP contribution is -2.61. The Bertz CT molecular complexity index is 975. The molecule has 0 N–H and O–H groups in total. The van der Waals surface area contributed by atoms with E-state index >= 15 is 0 Å². The van der Waals surface area contributed by atoms with Crippen molar-refractivity contribution in [2.75, 3.05) is 0 Å². The second-order valence-corrected chi connectivity index (χ2v) is 15.2. The van der Waals surface area contributed by atoms with E-state index in [4.69, 9.17) is 9.47 Å². The molecular weight excluding hydrogens is 532 g/mol. The number of unbranched alkanes of at least 4 members (excludes halogenated alkanes) is 1. The maximum atomic E-state index is 14.3. The van der Waals surface area contributed by atoms with Crippen LogP contribution in [0.2, 0.25) is 0 Å². The summed E-state index contributed by atoms with van der Waals surface area (Å²) >= 11 is 0. The number of aryl methyl sites for hydroxylation is 1. The van der Waals surface area contributed by atoms with Crippen LogP contribution in [0.1, 0.15) is 126 Å². The van der Waals surface area contributed by atoms with Crippen LogP contribution in [0.15, 0.2) is 30.3 Å². The van der Waals surface area contributed by atoms with Gasteiger partial charge in [0.2, 0.25) is 0 Å². The van der Waals surface area contributed by atoms with Crippen molar-refractivity contribution in [2.45, 2.75) is 161 Å². The fourth-order valence-corrected chi connectivity index (χ4v) is 7.37. The van der Waals surface area contributed by atoms with Gasteiger partial charge in [-0.2, -0.15) is 0 Å². The van der Waals surface area contributed by atoms with E-state index in [2.05, 4.69) is 0 Å². The fraction of sp³-hybridized carbons (Fsp3) is 0.765. The molecule has 0 aromatic heterocycles. The molecule has 2 aliphatic rings. The normalized spacial score (nSPS) is 22.9. The maximum absolute atomic E-state index is 14.3. The van der Waals surface area contributed by atoms with Crippen molar-refractivity contribution in [3.63, 3.8) is 0 Å². The zero-order chi connectivity index (χ0) is 31.6. The lowest BCUT2D eigenvalue weighted by Gasteiger charge is -2.50. The minimum Gasteiger partial charge on any atom is -0.461 e. The number of benzene rings is 1. The number of hydroxylamine groups is 4. The molecule has 2 saturated heterocycles. The molecule has 2 fully saturated rings. The molecular formula is C34H54N2O6. The van der Waals surface area contributed by atoms with Gasteiger partial charge in [-0.1, -0.05) is 50.1 Å². The van der Waals surface area contributed by atoms with Crippen LogP contribution >= 0.6 is 0 Å². The number of rotatable bonds is 11. The smallest absolute Gasteiger partial charge is 0.323 e. The topological polar surface area (TPSA) is 98.9 Å². The second kappa shape index (κ2) is 12.9. The van der Waals surface area contributed by atoms with Crippen LogP contribution in [0.4, 0.5) is 0 Å². The summed E-state index contributed by atoms with van der Waals surface area (Å²) in [5.41, 5.74) is -3.17. The third-order valence-corrected chi connectivity index (χ3v) is 9.31. The van der Waals surface area contributed by atoms with Crippen LogP contribution < -0.4 is 0 Å². The van der Waals surface area contributed by atoms with E-state index in [1.165, 1.54) is 0 Å². The monoisotopic (exact) mass is 586 g/mol. The van der Waals surface area contributed by atoms with Crippen molar-refractivity contribution in [1.29, 1.82) is 0 Å². The Hall–Kier alpha value is -2.00. The van der Waals surface area contributed by atoms with Crippen LogP contribution in [0.5, 0.6) is 0 Å². The third kappa shape index (κ3) is 7.74. The Balaban J connectivity index is 1.92. The van der Waals surface area contributed by atoms with Crippen LogP contribution in [0.3, 0.4) is 0 Å². The van der Waals surface area contributed by atoms with Gasteiger partial charge in [0.05, 0.1) is 0 Å². The molecule has 1 aromatic rings. The van der Waals surface area contributed by atoms with Gasteiger partial charge in [0, 0.05) is 47.8 Å². The van der Waals surface area contributed by atoms with Crippen molar-refractivity contribution >= 4 is 11.9 Å². The maximum Gasteiger partial charge on any atom is 0.323 e. The Morgan fingerprint density at radius 3 is 1.48 bits per heavy atom. The molecule has 1 aromatic carbocycles. The second-order valence-electron chi connectivity index (χ2n) is 15.2. The number of nitrogens with zero attached hydrogens (tertiary/aromatic N) is 2. The van der Waals surface area contributed by atoms with E-state index in [0.717, 1.165) is 28.5 Å². The zero-order valence-corrected chi connectivity index (χ0v) is 27.5. The molecule has 0 bridgehead atoms. The van der Waals surface area contributed by atoms with Gasteiger partial charge in [0.1, 0.15) is 12.2 Å². The first kappa shape index (κ1) is 34.5. The van der Waals surface area contributed by atoms with Gasteiger partial charge >= 0.3 is 11.9 Å². The molecule has 3 rings (SSSR count). The van der Waals surface area contributed by atoms with Gasteiger partial charge in [0.25, 0.3) is 0 Å². The van der Waals surface area contributed by atoms with Crippen LogP contribution in [-0.2, 0) is 35.9 Å². The molecule has 0 unspecified atom stereocenters. The number of piperidine rings is 2. The summed E-state index contributed by atoms with van der Waals surface area (Å²) in [5, 5.41) is 28.1. The minimum absolute atomic E-state index is 0.305. The number of hydrogen-bond acceptors (Lipinski definition) is 6. The predicted octanol–water partition coefficient (Wildman–Crippen LogP) is 7.01. The lowest BCUT2D eigenvalue weighted by molar-refractivity contribution is -0.301. The molecule has 2 aliphatic heterocycles. The molecule has 8 nitrogen and oxygen atoms in total. The molecule has 0 amide bonds. The molecule has 236 valence electrons. The Kier molecular flexibility index (Phi) is 10.6. The average Bonchev–Trinajstić information content (AvgIpc) is 2.87. The largest absolute Gasteiger partial charge is 0.461 e. The van der Waals surface area contributed by atoms with Crippen molar-refractivity contribution < 1.29 is 29.5 Å². The molecule has 2 heterocycles. The molecule has 0 aliphatic carbocycles. The standard InChI is InChI=1S/C34H54N2O6/c1-10-11-19-34(20-15-18-25-16-13-12-14-17-25,28(37)41-26-21-30(2,3)35(39)31(4,5)22-26)29(38)42-27-23-32(6,7)36(40)33(8,9)24-27/h12-14,16-17,26-27H,10-11,15,18-24H2,1-9H3. The van der Waals surface area contributed by atoms with E-state index in [0.29, 0.717) is 51.4 Å². The molecule has 42 heavy (non-hydrogen) atoms. The van der Waals surface area contributed by atoms with Crippen molar-refractivity contribution in [3.8, 4) is 0 Å². The highest BCUT2D eigenvalue weighted by atomic mass is 16.6. The summed E-state index contributed by atoms with van der Waals surface area (Å²) in [7, 11) is 0. The quantitative estimate of drug-likeness (QED) is 0.204. The number of ether oxygens (including phenoxy) is 2. The fourth-order valence-electron chi connectivity index (χ4n) is 7.37. The van der Waals surface area contributed by atoms with Gasteiger partial charge in [0.15, 0.2) is 5.41 Å². The summed E-state index contributed by atoms with van der Waals surface area (Å²) < 4.78 is 12.4. The first-order valence-corrected chi connectivity index (χ1v) is 15.8. The van der Waals surface area contributed by atoms with Crippen LogP contribution in [0.25, 0.3) is 0 Å². The van der Waals surface area contributed by atoms with Crippen molar-refractivity contribution in [3.05, 3.63) is 35.9 Å². The number of carbonyl (C=O) groups excluding carboxylic acids is 2.